The van der Waals surface area contributed by atoms with Gasteiger partial charge in [-0.3, -0.25) is 19.5 Å². The van der Waals surface area contributed by atoms with Crippen molar-refractivity contribution in [1.29, 1.82) is 0 Å². The molecule has 1 atom stereocenters. The molecule has 0 radical (unpaired) electrons. The molecular formula is C18H23N5O3S. The average Bonchev–Trinajstić information content (AvgIpc) is 3.27. The zero-order chi connectivity index (χ0) is 19.4. The standard InChI is InChI=1S/C18H23N5O3S/c1-4-26-10-15-21-22-18(27-15)23-9-14(6-16(23)24)17(25)20-8-13-5-11(2)12(3)19-7-13/h5,7,14H,4,6,8-10H2,1-3H3,(H,20,25). The highest BCUT2D eigenvalue weighted by Crippen LogP contribution is 2.28. The Balaban J connectivity index is 1.56. The van der Waals surface area contributed by atoms with Gasteiger partial charge in [0.2, 0.25) is 16.9 Å². The van der Waals surface area contributed by atoms with Gasteiger partial charge in [-0.2, -0.15) is 0 Å². The smallest absolute Gasteiger partial charge is 0.229 e. The molecule has 2 amide bonds. The van der Waals surface area contributed by atoms with Crippen LogP contribution in [0.1, 0.15) is 35.2 Å². The van der Waals surface area contributed by atoms with Gasteiger partial charge in [0.05, 0.1) is 5.92 Å². The van der Waals surface area contributed by atoms with Gasteiger partial charge in [0.1, 0.15) is 11.6 Å². The van der Waals surface area contributed by atoms with Crippen molar-refractivity contribution in [2.75, 3.05) is 18.1 Å². The summed E-state index contributed by atoms with van der Waals surface area (Å²) in [6.45, 7) is 7.53. The lowest BCUT2D eigenvalue weighted by Crippen LogP contribution is -2.32. The Morgan fingerprint density at radius 3 is 2.96 bits per heavy atom. The number of amides is 2. The van der Waals surface area contributed by atoms with Gasteiger partial charge in [-0.25, -0.2) is 0 Å². The van der Waals surface area contributed by atoms with Crippen LogP contribution in [0.25, 0.3) is 0 Å². The lowest BCUT2D eigenvalue weighted by molar-refractivity contribution is -0.126. The van der Waals surface area contributed by atoms with Crippen molar-refractivity contribution < 1.29 is 14.3 Å². The Kier molecular flexibility index (Phi) is 6.12. The molecule has 3 rings (SSSR count). The Morgan fingerprint density at radius 2 is 2.22 bits per heavy atom. The third-order valence-corrected chi connectivity index (χ3v) is 5.40. The minimum atomic E-state index is -0.392. The number of rotatable bonds is 7. The fourth-order valence-electron chi connectivity index (χ4n) is 2.80. The maximum Gasteiger partial charge on any atom is 0.229 e. The minimum Gasteiger partial charge on any atom is -0.374 e. The first-order valence-electron chi connectivity index (χ1n) is 8.88. The quantitative estimate of drug-likeness (QED) is 0.775. The van der Waals surface area contributed by atoms with Gasteiger partial charge in [-0.05, 0) is 31.9 Å². The number of pyridine rings is 1. The van der Waals surface area contributed by atoms with E-state index in [4.69, 9.17) is 4.74 Å². The van der Waals surface area contributed by atoms with Crippen molar-refractivity contribution in [2.45, 2.75) is 40.3 Å². The van der Waals surface area contributed by atoms with E-state index in [1.165, 1.54) is 16.2 Å². The SMILES string of the molecule is CCOCc1nnc(N2CC(C(=O)NCc3cnc(C)c(C)c3)CC2=O)s1. The van der Waals surface area contributed by atoms with E-state index in [2.05, 4.69) is 20.5 Å². The maximum absolute atomic E-state index is 12.5. The molecule has 2 aromatic rings. The van der Waals surface area contributed by atoms with E-state index < -0.39 is 5.92 Å². The highest BCUT2D eigenvalue weighted by atomic mass is 32.1. The van der Waals surface area contributed by atoms with E-state index in [9.17, 15) is 9.59 Å². The fourth-order valence-corrected chi connectivity index (χ4v) is 3.60. The van der Waals surface area contributed by atoms with Crippen molar-refractivity contribution in [2.24, 2.45) is 5.92 Å². The molecule has 0 bridgehead atoms. The Morgan fingerprint density at radius 1 is 1.41 bits per heavy atom. The molecule has 1 aliphatic rings. The van der Waals surface area contributed by atoms with Crippen LogP contribution < -0.4 is 10.2 Å². The zero-order valence-corrected chi connectivity index (χ0v) is 16.5. The molecule has 27 heavy (non-hydrogen) atoms. The number of ether oxygens (including phenoxy) is 1. The molecule has 1 unspecified atom stereocenters. The lowest BCUT2D eigenvalue weighted by Gasteiger charge is -2.13. The van der Waals surface area contributed by atoms with Crippen LogP contribution in [0.15, 0.2) is 12.3 Å². The third kappa shape index (κ3) is 4.67. The van der Waals surface area contributed by atoms with Crippen LogP contribution in [0.4, 0.5) is 5.13 Å². The molecule has 1 aliphatic heterocycles. The molecule has 0 saturated carbocycles. The van der Waals surface area contributed by atoms with Gasteiger partial charge < -0.3 is 10.1 Å². The van der Waals surface area contributed by atoms with E-state index in [1.54, 1.807) is 6.20 Å². The van der Waals surface area contributed by atoms with E-state index in [-0.39, 0.29) is 18.2 Å². The molecule has 1 N–H and O–H groups in total. The Labute approximate surface area is 162 Å². The molecular weight excluding hydrogens is 366 g/mol. The van der Waals surface area contributed by atoms with Gasteiger partial charge in [0, 0.05) is 38.0 Å². The minimum absolute atomic E-state index is 0.109. The number of hydrogen-bond donors (Lipinski definition) is 1. The monoisotopic (exact) mass is 389 g/mol. The molecule has 3 heterocycles. The number of hydrogen-bond acceptors (Lipinski definition) is 7. The first kappa shape index (κ1) is 19.4. The van der Waals surface area contributed by atoms with E-state index in [0.29, 0.717) is 31.4 Å². The second-order valence-corrected chi connectivity index (χ2v) is 7.53. The van der Waals surface area contributed by atoms with Gasteiger partial charge >= 0.3 is 0 Å². The van der Waals surface area contributed by atoms with Gasteiger partial charge in [-0.1, -0.05) is 17.4 Å². The molecule has 2 aromatic heterocycles. The summed E-state index contributed by atoms with van der Waals surface area (Å²) in [6, 6.07) is 2.01. The summed E-state index contributed by atoms with van der Waals surface area (Å²) in [7, 11) is 0. The molecule has 0 aliphatic carbocycles. The van der Waals surface area contributed by atoms with Crippen LogP contribution in [0.5, 0.6) is 0 Å². The van der Waals surface area contributed by atoms with Crippen LogP contribution in [-0.4, -0.2) is 40.1 Å². The van der Waals surface area contributed by atoms with Gasteiger partial charge in [0.25, 0.3) is 0 Å². The lowest BCUT2D eigenvalue weighted by atomic mass is 10.1. The first-order chi connectivity index (χ1) is 13.0. The fraction of sp³-hybridized carbons (Fsp3) is 0.500. The number of aromatic nitrogens is 3. The van der Waals surface area contributed by atoms with E-state index in [0.717, 1.165) is 21.8 Å². The average molecular weight is 389 g/mol. The zero-order valence-electron chi connectivity index (χ0n) is 15.7. The van der Waals surface area contributed by atoms with Crippen molar-refractivity contribution in [3.8, 4) is 0 Å². The third-order valence-electron chi connectivity index (χ3n) is 4.48. The van der Waals surface area contributed by atoms with Crippen molar-refractivity contribution >= 4 is 28.3 Å². The molecule has 1 saturated heterocycles. The van der Waals surface area contributed by atoms with E-state index >= 15 is 0 Å². The molecule has 144 valence electrons. The largest absolute Gasteiger partial charge is 0.374 e. The van der Waals surface area contributed by atoms with Crippen molar-refractivity contribution in [1.82, 2.24) is 20.5 Å². The topological polar surface area (TPSA) is 97.3 Å². The van der Waals surface area contributed by atoms with Crippen LogP contribution in [0.2, 0.25) is 0 Å². The van der Waals surface area contributed by atoms with Crippen LogP contribution in [0.3, 0.4) is 0 Å². The second-order valence-electron chi connectivity index (χ2n) is 6.48. The maximum atomic E-state index is 12.5. The van der Waals surface area contributed by atoms with Crippen LogP contribution in [0, 0.1) is 19.8 Å². The summed E-state index contributed by atoms with van der Waals surface area (Å²) < 4.78 is 5.31. The highest BCUT2D eigenvalue weighted by molar-refractivity contribution is 7.15. The van der Waals surface area contributed by atoms with Crippen molar-refractivity contribution in [3.63, 3.8) is 0 Å². The summed E-state index contributed by atoms with van der Waals surface area (Å²) >= 11 is 1.32. The molecule has 0 aromatic carbocycles. The van der Waals surface area contributed by atoms with E-state index in [1.807, 2.05) is 26.8 Å². The van der Waals surface area contributed by atoms with Gasteiger partial charge in [-0.15, -0.1) is 10.2 Å². The number of aryl methyl sites for hydroxylation is 2. The van der Waals surface area contributed by atoms with Crippen molar-refractivity contribution in [3.05, 3.63) is 34.1 Å². The molecule has 0 spiro atoms. The first-order valence-corrected chi connectivity index (χ1v) is 9.70. The number of anilines is 1. The number of carbonyl (C=O) groups is 2. The number of nitrogens with zero attached hydrogens (tertiary/aromatic N) is 4. The Bertz CT molecular complexity index is 838. The predicted octanol–water partition coefficient (Wildman–Crippen LogP) is 1.76. The van der Waals surface area contributed by atoms with Crippen LogP contribution >= 0.6 is 11.3 Å². The Hall–Kier alpha value is -2.39. The van der Waals surface area contributed by atoms with Crippen LogP contribution in [-0.2, 0) is 27.5 Å². The summed E-state index contributed by atoms with van der Waals surface area (Å²) in [6.07, 6.45) is 1.94. The predicted molar refractivity (Wildman–Crippen MR) is 101 cm³/mol. The molecule has 8 nitrogen and oxygen atoms in total. The summed E-state index contributed by atoms with van der Waals surface area (Å²) in [5.74, 6) is -0.638. The summed E-state index contributed by atoms with van der Waals surface area (Å²) in [5.41, 5.74) is 3.00. The van der Waals surface area contributed by atoms with Gasteiger partial charge in [0.15, 0.2) is 0 Å². The second kappa shape index (κ2) is 8.53. The molecule has 1 fully saturated rings. The highest BCUT2D eigenvalue weighted by Gasteiger charge is 2.36. The number of nitrogens with one attached hydrogen (secondary N) is 1. The normalized spacial score (nSPS) is 16.8. The summed E-state index contributed by atoms with van der Waals surface area (Å²) in [4.78, 5) is 30.6. The number of carbonyl (C=O) groups excluding carboxylic acids is 2. The molecule has 9 heteroatoms. The summed E-state index contributed by atoms with van der Waals surface area (Å²) in [5, 5.41) is 12.2.